The molecule has 1 aromatic heterocycles. The van der Waals surface area contributed by atoms with E-state index in [0.717, 1.165) is 61.0 Å². The summed E-state index contributed by atoms with van der Waals surface area (Å²) in [6.07, 6.45) is 9.25. The normalized spacial score (nSPS) is 19.1. The molecule has 0 saturated heterocycles. The number of fused-ring (bicyclic) bond motifs is 1. The zero-order valence-electron chi connectivity index (χ0n) is 26.3. The van der Waals surface area contributed by atoms with Crippen molar-refractivity contribution in [1.82, 2.24) is 14.8 Å². The highest BCUT2D eigenvalue weighted by atomic mass is 32.2. The van der Waals surface area contributed by atoms with E-state index in [-0.39, 0.29) is 16.6 Å². The number of nitrogens with one attached hydrogen (secondary N) is 2. The van der Waals surface area contributed by atoms with Crippen LogP contribution < -0.4 is 25.9 Å². The highest BCUT2D eigenvalue weighted by molar-refractivity contribution is 7.90. The van der Waals surface area contributed by atoms with Gasteiger partial charge in [0, 0.05) is 45.8 Å². The Morgan fingerprint density at radius 2 is 1.84 bits per heavy atom. The summed E-state index contributed by atoms with van der Waals surface area (Å²) >= 11 is 0. The Balaban J connectivity index is 1.59. The lowest BCUT2D eigenvalue weighted by Gasteiger charge is -2.34. The van der Waals surface area contributed by atoms with E-state index in [2.05, 4.69) is 50.7 Å². The van der Waals surface area contributed by atoms with Crippen molar-refractivity contribution in [1.29, 1.82) is 0 Å². The van der Waals surface area contributed by atoms with E-state index < -0.39 is 22.0 Å². The average Bonchev–Trinajstić information content (AvgIpc) is 3.26. The number of anilines is 1. The maximum Gasteiger partial charge on any atom is 0.276 e. The van der Waals surface area contributed by atoms with Crippen LogP contribution in [-0.4, -0.2) is 74.3 Å². The number of alkyl halides is 2. The topological polar surface area (TPSA) is 75.6 Å². The first kappa shape index (κ1) is 34.7. The Labute approximate surface area is 265 Å². The zero-order chi connectivity index (χ0) is 32.3. The van der Waals surface area contributed by atoms with Crippen LogP contribution in [0.1, 0.15) is 58.1 Å². The number of nitrogens with zero attached hydrogens (tertiary/aromatic N) is 2. The standard InChI is InChI=1S/C32H46F2N4O3P2S/c1-31(2,42)21-41-30-19-25(44(5,39)40)15-16-28(30)35-17-7-8-24-18-26-27(36-22-11-13-23(14-12-22)37(3)4)9-6-10-29(26)38(24)20-32(33,34)43/h10,15-16,18-19,22-23,35-36H,6,9,11-14,17,20-21,42-43H2,1-5H3. The number of hydrogen-bond donors (Lipinski definition) is 2. The molecule has 0 amide bonds. The molecule has 4 rings (SSSR count). The maximum atomic E-state index is 14.3. The predicted octanol–water partition coefficient (Wildman–Crippen LogP) is 4.00. The summed E-state index contributed by atoms with van der Waals surface area (Å²) in [4.78, 5) is 2.46. The largest absolute Gasteiger partial charge is 0.490 e. The van der Waals surface area contributed by atoms with Gasteiger partial charge >= 0.3 is 0 Å². The number of ether oxygens (including phenoxy) is 1. The van der Waals surface area contributed by atoms with Gasteiger partial charge in [0.15, 0.2) is 9.84 Å². The van der Waals surface area contributed by atoms with Gasteiger partial charge in [0.05, 0.1) is 36.0 Å². The van der Waals surface area contributed by atoms with Crippen LogP contribution >= 0.6 is 18.5 Å². The second-order valence-electron chi connectivity index (χ2n) is 12.9. The molecule has 242 valence electrons. The average molecular weight is 667 g/mol. The predicted molar refractivity (Wildman–Crippen MR) is 183 cm³/mol. The fourth-order valence-electron chi connectivity index (χ4n) is 5.67. The summed E-state index contributed by atoms with van der Waals surface area (Å²) in [5, 5.41) is 8.49. The molecule has 7 nitrogen and oxygen atoms in total. The molecule has 2 aliphatic carbocycles. The van der Waals surface area contributed by atoms with Gasteiger partial charge in [-0.3, -0.25) is 0 Å². The number of benzene rings is 1. The van der Waals surface area contributed by atoms with Crippen LogP contribution in [-0.2, 0) is 16.4 Å². The third-order valence-corrected chi connectivity index (χ3v) is 9.39. The van der Waals surface area contributed by atoms with Crippen molar-refractivity contribution >= 4 is 45.8 Å². The van der Waals surface area contributed by atoms with Crippen molar-refractivity contribution in [2.24, 2.45) is 0 Å². The number of hydrogen-bond acceptors (Lipinski definition) is 6. The highest BCUT2D eigenvalue weighted by Gasteiger charge is 2.26. The molecular formula is C32H46F2N4O3P2S. The SMILES string of the molecule is CN(C)C1CCC(NC2=c3cc(C#CCNc4ccc(S(C)(=O)=O)cc4OCC(C)(C)P)n(CC(F)(F)P)c3=CCC2)CC1. The van der Waals surface area contributed by atoms with Gasteiger partial charge in [0.1, 0.15) is 5.75 Å². The van der Waals surface area contributed by atoms with Crippen molar-refractivity contribution in [3.63, 3.8) is 0 Å². The van der Waals surface area contributed by atoms with Gasteiger partial charge in [-0.25, -0.2) is 17.2 Å². The molecule has 2 unspecified atom stereocenters. The molecule has 12 heteroatoms. The van der Waals surface area contributed by atoms with Crippen molar-refractivity contribution in [3.8, 4) is 17.6 Å². The summed E-state index contributed by atoms with van der Waals surface area (Å²) in [6, 6.07) is 7.60. The molecule has 2 aliphatic rings. The monoisotopic (exact) mass is 666 g/mol. The van der Waals surface area contributed by atoms with Gasteiger partial charge in [-0.1, -0.05) is 35.1 Å². The fourth-order valence-corrected chi connectivity index (χ4v) is 6.57. The Hall–Kier alpha value is -2.17. The van der Waals surface area contributed by atoms with Gasteiger partial charge in [-0.2, -0.15) is 0 Å². The van der Waals surface area contributed by atoms with Gasteiger partial charge in [0.2, 0.25) is 0 Å². The van der Waals surface area contributed by atoms with Gasteiger partial charge < -0.3 is 24.8 Å². The number of sulfone groups is 1. The van der Waals surface area contributed by atoms with E-state index in [4.69, 9.17) is 4.74 Å². The molecule has 0 aliphatic heterocycles. The van der Waals surface area contributed by atoms with Crippen molar-refractivity contribution in [3.05, 3.63) is 40.5 Å². The van der Waals surface area contributed by atoms with Crippen LogP contribution in [0.5, 0.6) is 5.75 Å². The van der Waals surface area contributed by atoms with Gasteiger partial charge in [0.25, 0.3) is 5.66 Å². The third kappa shape index (κ3) is 9.66. The fraction of sp³-hybridized carbons (Fsp3) is 0.562. The molecule has 2 atom stereocenters. The highest BCUT2D eigenvalue weighted by Crippen LogP contribution is 2.30. The summed E-state index contributed by atoms with van der Waals surface area (Å²) in [5.74, 6) is 6.61. The third-order valence-electron chi connectivity index (χ3n) is 7.93. The van der Waals surface area contributed by atoms with Crippen LogP contribution in [0.15, 0.2) is 29.2 Å². The van der Waals surface area contributed by atoms with Gasteiger partial charge in [-0.15, -0.1) is 9.24 Å². The number of rotatable bonds is 11. The summed E-state index contributed by atoms with van der Waals surface area (Å²) in [7, 11) is 5.19. The van der Waals surface area contributed by atoms with Crippen molar-refractivity contribution in [2.45, 2.75) is 86.7 Å². The summed E-state index contributed by atoms with van der Waals surface area (Å²) in [5.41, 5.74) is -0.748. The molecule has 1 aromatic carbocycles. The van der Waals surface area contributed by atoms with Crippen molar-refractivity contribution in [2.75, 3.05) is 38.8 Å². The lowest BCUT2D eigenvalue weighted by Crippen LogP contribution is -2.43. The molecule has 0 spiro atoms. The van der Waals surface area contributed by atoms with E-state index in [0.29, 0.717) is 35.8 Å². The molecular weight excluding hydrogens is 620 g/mol. The van der Waals surface area contributed by atoms with Crippen LogP contribution in [0, 0.1) is 11.8 Å². The minimum atomic E-state index is -3.42. The minimum absolute atomic E-state index is 0.162. The first-order valence-corrected chi connectivity index (χ1v) is 18.1. The second-order valence-corrected chi connectivity index (χ2v) is 17.3. The van der Waals surface area contributed by atoms with E-state index in [1.807, 2.05) is 26.0 Å². The smallest absolute Gasteiger partial charge is 0.276 e. The minimum Gasteiger partial charge on any atom is -0.490 e. The van der Waals surface area contributed by atoms with Crippen molar-refractivity contribution < 1.29 is 21.9 Å². The Bertz CT molecular complexity index is 1630. The molecule has 1 heterocycles. The zero-order valence-corrected chi connectivity index (χ0v) is 29.5. The molecule has 1 fully saturated rings. The maximum absolute atomic E-state index is 14.3. The summed E-state index contributed by atoms with van der Waals surface area (Å²) < 4.78 is 60.5. The molecule has 1 saturated carbocycles. The van der Waals surface area contributed by atoms with E-state index in [9.17, 15) is 17.2 Å². The van der Waals surface area contributed by atoms with Crippen LogP contribution in [0.3, 0.4) is 0 Å². The Morgan fingerprint density at radius 1 is 1.14 bits per heavy atom. The first-order chi connectivity index (χ1) is 20.5. The molecule has 0 bridgehead atoms. The van der Waals surface area contributed by atoms with E-state index in [1.54, 1.807) is 19.9 Å². The van der Waals surface area contributed by atoms with E-state index in [1.165, 1.54) is 12.1 Å². The first-order valence-electron chi connectivity index (χ1n) is 15.0. The molecule has 0 radical (unpaired) electrons. The van der Waals surface area contributed by atoms with Crippen LogP contribution in [0.4, 0.5) is 14.5 Å². The Morgan fingerprint density at radius 3 is 2.45 bits per heavy atom. The second kappa shape index (κ2) is 14.1. The molecule has 44 heavy (non-hydrogen) atoms. The molecule has 2 N–H and O–H groups in total. The van der Waals surface area contributed by atoms with Crippen LogP contribution in [0.25, 0.3) is 11.8 Å². The van der Waals surface area contributed by atoms with E-state index >= 15 is 0 Å². The number of aromatic nitrogens is 1. The lowest BCUT2D eigenvalue weighted by molar-refractivity contribution is 0.0828. The number of halogens is 2. The molecule has 2 aromatic rings. The summed E-state index contributed by atoms with van der Waals surface area (Å²) in [6.45, 7) is 4.07. The Kier molecular flexibility index (Phi) is 11.1. The van der Waals surface area contributed by atoms with Gasteiger partial charge in [-0.05, 0) is 76.7 Å². The quantitative estimate of drug-likeness (QED) is 0.279. The van der Waals surface area contributed by atoms with Crippen LogP contribution in [0.2, 0.25) is 0 Å². The lowest BCUT2D eigenvalue weighted by atomic mass is 9.90.